The van der Waals surface area contributed by atoms with Crippen LogP contribution in [0, 0.1) is 0 Å². The van der Waals surface area contributed by atoms with E-state index in [0.717, 1.165) is 48.6 Å². The number of hydrogen-bond acceptors (Lipinski definition) is 14. The molecule has 22 nitrogen and oxygen atoms in total. The van der Waals surface area contributed by atoms with E-state index in [1.807, 2.05) is 0 Å². The predicted molar refractivity (Wildman–Crippen MR) is 190 cm³/mol. The molecule has 57 heavy (non-hydrogen) atoms. The minimum absolute atomic E-state index is 0.0971. The summed E-state index contributed by atoms with van der Waals surface area (Å²) in [5.41, 5.74) is 12.0. The van der Waals surface area contributed by atoms with Crippen molar-refractivity contribution in [1.29, 1.82) is 0 Å². The number of hydrogen-bond donors (Lipinski definition) is 6. The summed E-state index contributed by atoms with van der Waals surface area (Å²) in [6.45, 7) is 0.251. The molecule has 0 saturated heterocycles. The molecular weight excluding hydrogens is 752 g/mol. The predicted octanol–water partition coefficient (Wildman–Crippen LogP) is -3.79. The molecule has 6 unspecified atom stereocenters. The standard InChI is InChI=1S/C35H40N10O12/c1-35(41-23(47)17-43-26(50)6-7-27(43)51)12-2-3-20(36)32(40-22(46)16-42-24(48)4-5-25(42)49)21(37)14-18(38-33(56)44-28(52)8-9-29(44)53)13-19(15-35)39-34(57)45-30(54)10-11-31(45)55/h4-11,18-21,32H,2-3,12-17,36-37H2,1H3,(H,38,56)(H,39,57)(H,40,46)(H,41,47). The Morgan fingerprint density at radius 2 is 1.02 bits per heavy atom. The van der Waals surface area contributed by atoms with E-state index in [2.05, 4.69) is 21.3 Å². The summed E-state index contributed by atoms with van der Waals surface area (Å²) in [6, 6.07) is -7.78. The zero-order chi connectivity index (χ0) is 41.8. The Morgan fingerprint density at radius 1 is 0.596 bits per heavy atom. The molecule has 22 heteroatoms. The smallest absolute Gasteiger partial charge is 0.331 e. The van der Waals surface area contributed by atoms with Crippen LogP contribution in [-0.4, -0.2) is 140 Å². The number of carbonyl (C=O) groups excluding carboxylic acids is 12. The third kappa shape index (κ3) is 9.77. The molecule has 302 valence electrons. The normalized spacial score (nSPS) is 28.0. The monoisotopic (exact) mass is 792 g/mol. The molecule has 14 amide bonds. The van der Waals surface area contributed by atoms with Crippen LogP contribution in [0.4, 0.5) is 9.59 Å². The van der Waals surface area contributed by atoms with Crippen LogP contribution < -0.4 is 32.7 Å². The Hall–Kier alpha value is -6.68. The van der Waals surface area contributed by atoms with Crippen LogP contribution in [0.5, 0.6) is 0 Å². The summed E-state index contributed by atoms with van der Waals surface area (Å²) >= 11 is 0. The third-order valence-electron chi connectivity index (χ3n) is 9.86. The van der Waals surface area contributed by atoms with Gasteiger partial charge in [-0.1, -0.05) is 0 Å². The molecule has 4 aliphatic heterocycles. The van der Waals surface area contributed by atoms with E-state index < -0.39 is 120 Å². The Bertz CT molecular complexity index is 1890. The summed E-state index contributed by atoms with van der Waals surface area (Å²) in [7, 11) is 0. The number of carbonyl (C=O) groups is 12. The number of nitrogens with one attached hydrogen (secondary N) is 4. The fourth-order valence-electron chi connectivity index (χ4n) is 7.17. The highest BCUT2D eigenvalue weighted by molar-refractivity contribution is 6.23. The van der Waals surface area contributed by atoms with Gasteiger partial charge in [0.25, 0.3) is 47.3 Å². The van der Waals surface area contributed by atoms with Crippen LogP contribution >= 0.6 is 0 Å². The van der Waals surface area contributed by atoms with Crippen LogP contribution in [0.3, 0.4) is 0 Å². The van der Waals surface area contributed by atoms with Gasteiger partial charge in [0.05, 0.1) is 6.04 Å². The van der Waals surface area contributed by atoms with Gasteiger partial charge in [-0.05, 0) is 45.4 Å². The van der Waals surface area contributed by atoms with Crippen LogP contribution in [0.25, 0.3) is 0 Å². The SMILES string of the molecule is CC1(NC(=O)CN2C(=O)C=CC2=O)CCCC(N)C(NC(=O)CN2C(=O)C=CC2=O)C(N)CC(NC(=O)N2C(=O)C=CC2=O)CC(NC(=O)N2C(=O)C=CC2=O)C1. The minimum atomic E-state index is -1.31. The van der Waals surface area contributed by atoms with Crippen LogP contribution in [0.2, 0.25) is 0 Å². The lowest BCUT2D eigenvalue weighted by Crippen LogP contribution is -2.61. The fourth-order valence-corrected chi connectivity index (χ4v) is 7.17. The number of nitrogens with zero attached hydrogens (tertiary/aromatic N) is 4. The van der Waals surface area contributed by atoms with Crippen molar-refractivity contribution >= 4 is 71.1 Å². The Balaban J connectivity index is 1.47. The van der Waals surface area contributed by atoms with Gasteiger partial charge in [-0.25, -0.2) is 9.59 Å². The Kier molecular flexibility index (Phi) is 12.4. The molecule has 5 aliphatic rings. The van der Waals surface area contributed by atoms with Gasteiger partial charge in [0, 0.05) is 78.3 Å². The van der Waals surface area contributed by atoms with E-state index in [1.54, 1.807) is 6.92 Å². The first-order valence-corrected chi connectivity index (χ1v) is 17.8. The lowest BCUT2D eigenvalue weighted by molar-refractivity contribution is -0.142. The average molecular weight is 793 g/mol. The van der Waals surface area contributed by atoms with Gasteiger partial charge in [0.1, 0.15) is 13.1 Å². The number of imide groups is 8. The maximum Gasteiger partial charge on any atom is 0.331 e. The average Bonchev–Trinajstić information content (AvgIpc) is 3.84. The topological polar surface area (TPSA) is 318 Å². The summed E-state index contributed by atoms with van der Waals surface area (Å²) < 4.78 is 0. The van der Waals surface area contributed by atoms with Gasteiger partial charge in [0.2, 0.25) is 11.8 Å². The van der Waals surface area contributed by atoms with Crippen molar-refractivity contribution in [2.45, 2.75) is 81.2 Å². The zero-order valence-corrected chi connectivity index (χ0v) is 30.5. The first-order chi connectivity index (χ1) is 26.8. The van der Waals surface area contributed by atoms with Crippen molar-refractivity contribution in [1.82, 2.24) is 40.9 Å². The van der Waals surface area contributed by atoms with E-state index in [1.165, 1.54) is 0 Å². The molecule has 0 spiro atoms. The number of urea groups is 2. The van der Waals surface area contributed by atoms with E-state index in [0.29, 0.717) is 19.6 Å². The molecule has 0 aromatic carbocycles. The molecule has 0 aromatic heterocycles. The lowest BCUT2D eigenvalue weighted by Gasteiger charge is -2.39. The number of rotatable bonds is 8. The lowest BCUT2D eigenvalue weighted by atomic mass is 9.81. The second-order valence-electron chi connectivity index (χ2n) is 14.3. The van der Waals surface area contributed by atoms with Gasteiger partial charge in [0.15, 0.2) is 0 Å². The molecule has 5 rings (SSSR count). The van der Waals surface area contributed by atoms with Gasteiger partial charge in [-0.2, -0.15) is 9.80 Å². The number of amides is 14. The van der Waals surface area contributed by atoms with Gasteiger partial charge >= 0.3 is 12.1 Å². The summed E-state index contributed by atoms with van der Waals surface area (Å²) in [6.07, 6.45) is 7.23. The molecule has 1 fully saturated rings. The Morgan fingerprint density at radius 3 is 1.49 bits per heavy atom. The summed E-state index contributed by atoms with van der Waals surface area (Å²) in [5, 5.41) is 10.6. The van der Waals surface area contributed by atoms with E-state index in [4.69, 9.17) is 11.5 Å². The molecule has 4 heterocycles. The highest BCUT2D eigenvalue weighted by Crippen LogP contribution is 2.26. The van der Waals surface area contributed by atoms with Crippen molar-refractivity contribution in [3.63, 3.8) is 0 Å². The maximum atomic E-state index is 13.5. The van der Waals surface area contributed by atoms with Gasteiger partial charge < -0.3 is 32.7 Å². The summed E-state index contributed by atoms with van der Waals surface area (Å²) in [5.74, 6) is -8.24. The largest absolute Gasteiger partial charge is 0.349 e. The molecule has 0 radical (unpaired) electrons. The first kappa shape index (κ1) is 41.5. The fraction of sp³-hybridized carbons (Fsp3) is 0.429. The van der Waals surface area contributed by atoms with Gasteiger partial charge in [-0.15, -0.1) is 0 Å². The second kappa shape index (κ2) is 17.0. The van der Waals surface area contributed by atoms with Crippen molar-refractivity contribution in [3.8, 4) is 0 Å². The zero-order valence-electron chi connectivity index (χ0n) is 30.5. The van der Waals surface area contributed by atoms with Crippen LogP contribution in [0.1, 0.15) is 45.4 Å². The molecule has 1 saturated carbocycles. The van der Waals surface area contributed by atoms with Crippen molar-refractivity contribution in [2.75, 3.05) is 13.1 Å². The highest BCUT2D eigenvalue weighted by atomic mass is 16.2. The number of nitrogens with two attached hydrogens (primary N) is 2. The Labute approximate surface area is 323 Å². The van der Waals surface area contributed by atoms with E-state index >= 15 is 0 Å². The quantitative estimate of drug-likeness (QED) is 0.129. The molecule has 0 bridgehead atoms. The van der Waals surface area contributed by atoms with Crippen molar-refractivity contribution < 1.29 is 57.5 Å². The second-order valence-corrected chi connectivity index (χ2v) is 14.3. The highest BCUT2D eigenvalue weighted by Gasteiger charge is 2.40. The summed E-state index contributed by atoms with van der Waals surface area (Å²) in [4.78, 5) is 154. The molecular formula is C35H40N10O12. The maximum absolute atomic E-state index is 13.5. The molecule has 0 aromatic rings. The van der Waals surface area contributed by atoms with Crippen molar-refractivity contribution in [2.24, 2.45) is 11.5 Å². The van der Waals surface area contributed by atoms with Gasteiger partial charge in [-0.3, -0.25) is 57.7 Å². The van der Waals surface area contributed by atoms with E-state index in [9.17, 15) is 57.5 Å². The molecule has 6 atom stereocenters. The van der Waals surface area contributed by atoms with E-state index in [-0.39, 0.29) is 38.5 Å². The van der Waals surface area contributed by atoms with Crippen LogP contribution in [-0.2, 0) is 47.9 Å². The third-order valence-corrected chi connectivity index (χ3v) is 9.86. The minimum Gasteiger partial charge on any atom is -0.349 e. The van der Waals surface area contributed by atoms with Crippen LogP contribution in [0.15, 0.2) is 48.6 Å². The molecule has 8 N–H and O–H groups in total. The molecule has 1 aliphatic carbocycles. The first-order valence-electron chi connectivity index (χ1n) is 17.8. The van der Waals surface area contributed by atoms with Crippen molar-refractivity contribution in [3.05, 3.63) is 48.6 Å².